The van der Waals surface area contributed by atoms with Crippen molar-refractivity contribution >= 4 is 17.7 Å². The summed E-state index contributed by atoms with van der Waals surface area (Å²) in [6, 6.07) is 3.75. The molecule has 0 aliphatic carbocycles. The van der Waals surface area contributed by atoms with E-state index in [9.17, 15) is 4.79 Å². The van der Waals surface area contributed by atoms with E-state index < -0.39 is 0 Å². The Morgan fingerprint density at radius 3 is 2.60 bits per heavy atom. The number of aromatic nitrogens is 8. The van der Waals surface area contributed by atoms with Crippen molar-refractivity contribution in [1.29, 1.82) is 0 Å². The monoisotopic (exact) mass is 340 g/mol. The van der Waals surface area contributed by atoms with Gasteiger partial charge in [0.25, 0.3) is 0 Å². The minimum atomic E-state index is -0.0521. The number of rotatable bonds is 4. The van der Waals surface area contributed by atoms with Gasteiger partial charge in [-0.25, -0.2) is 14.8 Å². The quantitative estimate of drug-likeness (QED) is 0.680. The molecule has 0 unspecified atom stereocenters. The molecule has 1 aliphatic rings. The highest BCUT2D eigenvalue weighted by Crippen LogP contribution is 2.22. The van der Waals surface area contributed by atoms with Crippen LogP contribution >= 0.6 is 0 Å². The van der Waals surface area contributed by atoms with Crippen molar-refractivity contribution in [1.82, 2.24) is 40.1 Å². The van der Waals surface area contributed by atoms with E-state index in [2.05, 4.69) is 45.7 Å². The van der Waals surface area contributed by atoms with E-state index in [0.717, 1.165) is 31.7 Å². The third-order valence-corrected chi connectivity index (χ3v) is 4.14. The fourth-order valence-corrected chi connectivity index (χ4v) is 2.79. The topological polar surface area (TPSA) is 130 Å². The van der Waals surface area contributed by atoms with Crippen LogP contribution in [0.25, 0.3) is 5.82 Å². The van der Waals surface area contributed by atoms with Gasteiger partial charge >= 0.3 is 0 Å². The number of hydrogen-bond acceptors (Lipinski definition) is 8. The SMILES string of the molecule is O=C(Nc1ncn[nH]1)C1CCN(c2ccc(-n3cncn3)nn2)CC1. The number of carbonyl (C=O) groups is 1. The first kappa shape index (κ1) is 15.2. The van der Waals surface area contributed by atoms with Gasteiger partial charge in [0.1, 0.15) is 19.0 Å². The zero-order chi connectivity index (χ0) is 17.1. The van der Waals surface area contributed by atoms with Gasteiger partial charge in [0.05, 0.1) is 0 Å². The zero-order valence-corrected chi connectivity index (χ0v) is 13.3. The van der Waals surface area contributed by atoms with Crippen molar-refractivity contribution in [3.8, 4) is 5.82 Å². The summed E-state index contributed by atoms with van der Waals surface area (Å²) in [7, 11) is 0. The lowest BCUT2D eigenvalue weighted by Crippen LogP contribution is -2.38. The molecule has 2 N–H and O–H groups in total. The summed E-state index contributed by atoms with van der Waals surface area (Å²) in [6.45, 7) is 1.48. The van der Waals surface area contributed by atoms with Crippen molar-refractivity contribution in [2.24, 2.45) is 5.92 Å². The van der Waals surface area contributed by atoms with Gasteiger partial charge in [0, 0.05) is 19.0 Å². The highest BCUT2D eigenvalue weighted by molar-refractivity contribution is 5.91. The largest absolute Gasteiger partial charge is 0.355 e. The van der Waals surface area contributed by atoms with Gasteiger partial charge in [-0.15, -0.1) is 10.2 Å². The number of hydrogen-bond donors (Lipinski definition) is 2. The first-order valence-electron chi connectivity index (χ1n) is 7.89. The van der Waals surface area contributed by atoms with E-state index in [1.807, 2.05) is 12.1 Å². The second kappa shape index (κ2) is 6.63. The molecule has 0 radical (unpaired) electrons. The lowest BCUT2D eigenvalue weighted by molar-refractivity contribution is -0.120. The molecule has 1 fully saturated rings. The van der Waals surface area contributed by atoms with E-state index >= 15 is 0 Å². The number of piperidine rings is 1. The molecule has 3 aromatic heterocycles. The van der Waals surface area contributed by atoms with Gasteiger partial charge in [-0.3, -0.25) is 10.1 Å². The Hall–Kier alpha value is -3.37. The van der Waals surface area contributed by atoms with Crippen LogP contribution in [-0.4, -0.2) is 59.1 Å². The Morgan fingerprint density at radius 2 is 1.96 bits per heavy atom. The average Bonchev–Trinajstić information content (AvgIpc) is 3.36. The van der Waals surface area contributed by atoms with Gasteiger partial charge in [0.15, 0.2) is 11.6 Å². The molecule has 0 bridgehead atoms. The molecular weight excluding hydrogens is 324 g/mol. The van der Waals surface area contributed by atoms with Crippen LogP contribution in [0.4, 0.5) is 11.8 Å². The van der Waals surface area contributed by atoms with Crippen molar-refractivity contribution in [2.45, 2.75) is 12.8 Å². The van der Waals surface area contributed by atoms with Crippen molar-refractivity contribution < 1.29 is 4.79 Å². The lowest BCUT2D eigenvalue weighted by atomic mass is 9.96. The van der Waals surface area contributed by atoms with Crippen LogP contribution < -0.4 is 10.2 Å². The van der Waals surface area contributed by atoms with Crippen LogP contribution in [0.15, 0.2) is 31.1 Å². The number of nitrogens with zero attached hydrogens (tertiary/aromatic N) is 8. The van der Waals surface area contributed by atoms with Crippen LogP contribution in [0.5, 0.6) is 0 Å². The highest BCUT2D eigenvalue weighted by Gasteiger charge is 2.26. The number of aromatic amines is 1. The molecule has 0 aromatic carbocycles. The Morgan fingerprint density at radius 1 is 1.16 bits per heavy atom. The first-order valence-corrected chi connectivity index (χ1v) is 7.89. The summed E-state index contributed by atoms with van der Waals surface area (Å²) >= 11 is 0. The van der Waals surface area contributed by atoms with Gasteiger partial charge < -0.3 is 4.90 Å². The van der Waals surface area contributed by atoms with Gasteiger partial charge in [0.2, 0.25) is 11.9 Å². The Kier molecular flexibility index (Phi) is 4.02. The molecule has 128 valence electrons. The summed E-state index contributed by atoms with van der Waals surface area (Å²) in [5.41, 5.74) is 0. The molecule has 4 rings (SSSR count). The van der Waals surface area contributed by atoms with Crippen molar-refractivity contribution in [3.63, 3.8) is 0 Å². The maximum absolute atomic E-state index is 12.2. The first-order chi connectivity index (χ1) is 12.3. The van der Waals surface area contributed by atoms with E-state index in [1.165, 1.54) is 12.7 Å². The predicted octanol–water partition coefficient (Wildman–Crippen LogP) is 0.0305. The Labute approximate surface area is 142 Å². The summed E-state index contributed by atoms with van der Waals surface area (Å²) in [4.78, 5) is 22.1. The second-order valence-corrected chi connectivity index (χ2v) is 5.67. The van der Waals surface area contributed by atoms with Gasteiger partial charge in [-0.05, 0) is 25.0 Å². The minimum Gasteiger partial charge on any atom is -0.355 e. The molecule has 0 atom stereocenters. The standard InChI is InChI=1S/C14H16N10O/c25-13(19-14-16-8-17-22-14)10-3-5-23(6-4-10)11-1-2-12(21-20-11)24-9-15-7-18-24/h1-2,7-10H,3-6H2,(H2,16,17,19,22,25). The molecular formula is C14H16N10O. The summed E-state index contributed by atoms with van der Waals surface area (Å²) < 4.78 is 1.55. The summed E-state index contributed by atoms with van der Waals surface area (Å²) in [5, 5.41) is 21.5. The number of carbonyl (C=O) groups excluding carboxylic acids is 1. The highest BCUT2D eigenvalue weighted by atomic mass is 16.2. The molecule has 11 heteroatoms. The zero-order valence-electron chi connectivity index (χ0n) is 13.3. The number of anilines is 2. The number of nitrogens with one attached hydrogen (secondary N) is 2. The van der Waals surface area contributed by atoms with Gasteiger partial charge in [-0.1, -0.05) is 0 Å². The molecule has 1 aliphatic heterocycles. The molecule has 11 nitrogen and oxygen atoms in total. The Balaban J connectivity index is 1.34. The third-order valence-electron chi connectivity index (χ3n) is 4.14. The number of amides is 1. The molecule has 25 heavy (non-hydrogen) atoms. The van der Waals surface area contributed by atoms with E-state index in [-0.39, 0.29) is 11.8 Å². The molecule has 0 saturated carbocycles. The predicted molar refractivity (Wildman–Crippen MR) is 86.9 cm³/mol. The number of H-pyrrole nitrogens is 1. The second-order valence-electron chi connectivity index (χ2n) is 5.67. The van der Waals surface area contributed by atoms with Crippen LogP contribution in [0, 0.1) is 5.92 Å². The molecule has 1 amide bonds. The summed E-state index contributed by atoms with van der Waals surface area (Å²) in [5.74, 6) is 1.69. The van der Waals surface area contributed by atoms with Crippen LogP contribution in [-0.2, 0) is 4.79 Å². The van der Waals surface area contributed by atoms with Crippen molar-refractivity contribution in [3.05, 3.63) is 31.1 Å². The van der Waals surface area contributed by atoms with Crippen LogP contribution in [0.2, 0.25) is 0 Å². The van der Waals surface area contributed by atoms with E-state index in [4.69, 9.17) is 0 Å². The Bertz CT molecular complexity index is 806. The maximum Gasteiger partial charge on any atom is 0.229 e. The molecule has 0 spiro atoms. The fraction of sp³-hybridized carbons (Fsp3) is 0.357. The maximum atomic E-state index is 12.2. The molecule has 4 heterocycles. The fourth-order valence-electron chi connectivity index (χ4n) is 2.79. The molecule has 3 aromatic rings. The van der Waals surface area contributed by atoms with E-state index in [1.54, 1.807) is 11.0 Å². The average molecular weight is 340 g/mol. The van der Waals surface area contributed by atoms with Gasteiger partial charge in [-0.2, -0.15) is 15.2 Å². The minimum absolute atomic E-state index is 0.0379. The summed E-state index contributed by atoms with van der Waals surface area (Å²) in [6.07, 6.45) is 5.87. The van der Waals surface area contributed by atoms with Crippen LogP contribution in [0.3, 0.4) is 0 Å². The molecule has 1 saturated heterocycles. The normalized spacial score (nSPS) is 15.3. The smallest absolute Gasteiger partial charge is 0.229 e. The lowest BCUT2D eigenvalue weighted by Gasteiger charge is -2.31. The van der Waals surface area contributed by atoms with E-state index in [0.29, 0.717) is 11.8 Å². The third kappa shape index (κ3) is 3.29. The van der Waals surface area contributed by atoms with Crippen molar-refractivity contribution in [2.75, 3.05) is 23.3 Å². The van der Waals surface area contributed by atoms with Crippen LogP contribution in [0.1, 0.15) is 12.8 Å².